The molecular formula is C24H48O6Si6. The van der Waals surface area contributed by atoms with E-state index in [1.54, 1.807) is 0 Å². The molecule has 1 heterocycles. The van der Waals surface area contributed by atoms with Crippen LogP contribution in [0.15, 0.2) is 73.7 Å². The minimum Gasteiger partial charge on any atom is -0.409 e. The van der Waals surface area contributed by atoms with Gasteiger partial charge in [0.25, 0.3) is 0 Å². The monoisotopic (exact) mass is 600 g/mol. The van der Waals surface area contributed by atoms with Crippen LogP contribution in [0.25, 0.3) is 0 Å². The van der Waals surface area contributed by atoms with Crippen molar-refractivity contribution in [2.45, 2.75) is 77.8 Å². The van der Waals surface area contributed by atoms with Crippen molar-refractivity contribution in [2.75, 3.05) is 0 Å². The van der Waals surface area contributed by atoms with Crippen molar-refractivity contribution < 1.29 is 24.7 Å². The highest BCUT2D eigenvalue weighted by Gasteiger charge is 2.58. The molecule has 0 bridgehead atoms. The lowest BCUT2D eigenvalue weighted by molar-refractivity contribution is 0.238. The maximum Gasteiger partial charge on any atom is 0.347 e. The van der Waals surface area contributed by atoms with E-state index in [0.717, 1.165) is 0 Å². The van der Waals surface area contributed by atoms with Crippen molar-refractivity contribution in [2.24, 2.45) is 0 Å². The maximum atomic E-state index is 7.03. The number of hydrogen-bond acceptors (Lipinski definition) is 6. The molecule has 204 valence electrons. The average molecular weight is 601 g/mol. The smallest absolute Gasteiger partial charge is 0.347 e. The Bertz CT molecular complexity index is 636. The van der Waals surface area contributed by atoms with E-state index >= 15 is 0 Å². The first kappa shape index (κ1) is 33.5. The third-order valence-corrected chi connectivity index (χ3v) is 33.1. The molecule has 1 aliphatic rings. The second-order valence-corrected chi connectivity index (χ2v) is 30.2. The van der Waals surface area contributed by atoms with Crippen molar-refractivity contribution in [3.05, 3.63) is 73.7 Å². The van der Waals surface area contributed by atoms with Crippen LogP contribution in [0.2, 0.25) is 36.3 Å². The summed E-state index contributed by atoms with van der Waals surface area (Å²) in [7, 11) is -18.2. The van der Waals surface area contributed by atoms with Gasteiger partial charge in [-0.05, 0) is 36.3 Å². The fraction of sp³-hybridized carbons (Fsp3) is 0.500. The van der Waals surface area contributed by atoms with Crippen molar-refractivity contribution in [3.63, 3.8) is 0 Å². The summed E-state index contributed by atoms with van der Waals surface area (Å²) < 4.78 is 42.2. The van der Waals surface area contributed by atoms with Crippen LogP contribution in [-0.2, 0) is 24.7 Å². The Balaban J connectivity index is 4.08. The van der Waals surface area contributed by atoms with Crippen LogP contribution in [0.3, 0.4) is 0 Å². The zero-order chi connectivity index (χ0) is 27.7. The van der Waals surface area contributed by atoms with E-state index in [4.69, 9.17) is 24.7 Å². The molecular weight excluding hydrogens is 553 g/mol. The van der Waals surface area contributed by atoms with Gasteiger partial charge in [-0.15, -0.1) is 39.5 Å². The Morgan fingerprint density at radius 3 is 0.500 bits per heavy atom. The molecule has 0 amide bonds. The molecule has 0 spiro atoms. The minimum atomic E-state index is -3.04. The first-order chi connectivity index (χ1) is 17.0. The predicted octanol–water partition coefficient (Wildman–Crippen LogP) is 7.22. The fourth-order valence-electron chi connectivity index (χ4n) is 4.11. The highest BCUT2D eigenvalue weighted by molar-refractivity contribution is 7.00. The van der Waals surface area contributed by atoms with E-state index < -0.39 is 51.4 Å². The predicted molar refractivity (Wildman–Crippen MR) is 165 cm³/mol. The first-order valence-corrected chi connectivity index (χ1v) is 25.6. The van der Waals surface area contributed by atoms with Crippen LogP contribution in [0.4, 0.5) is 0 Å². The van der Waals surface area contributed by atoms with Gasteiger partial charge in [0.15, 0.2) is 0 Å². The molecule has 0 N–H and O–H groups in total. The quantitative estimate of drug-likeness (QED) is 0.220. The van der Waals surface area contributed by atoms with Gasteiger partial charge in [-0.1, -0.05) is 75.7 Å². The second-order valence-electron chi connectivity index (χ2n) is 8.83. The summed E-state index contributed by atoms with van der Waals surface area (Å²) in [5, 5.41) is 0. The summed E-state index contributed by atoms with van der Waals surface area (Å²) in [6, 6.07) is 3.83. The largest absolute Gasteiger partial charge is 0.409 e. The molecule has 12 heteroatoms. The molecule has 36 heavy (non-hydrogen) atoms. The second kappa shape index (κ2) is 13.5. The Morgan fingerprint density at radius 2 is 0.444 bits per heavy atom. The van der Waals surface area contributed by atoms with Crippen LogP contribution in [0.5, 0.6) is 0 Å². The Kier molecular flexibility index (Phi) is 12.6. The lowest BCUT2D eigenvalue weighted by Gasteiger charge is -2.50. The zero-order valence-electron chi connectivity index (χ0n) is 23.4. The molecule has 0 aliphatic carbocycles. The molecule has 0 radical (unpaired) electrons. The van der Waals surface area contributed by atoms with E-state index in [1.807, 2.05) is 34.2 Å². The highest BCUT2D eigenvalue weighted by atomic mass is 28.5. The van der Waals surface area contributed by atoms with E-state index in [1.165, 1.54) is 0 Å². The molecule has 1 rings (SSSR count). The van der Waals surface area contributed by atoms with E-state index in [2.05, 4.69) is 81.0 Å². The van der Waals surface area contributed by atoms with Crippen molar-refractivity contribution in [3.8, 4) is 0 Å². The number of hydrogen-bond donors (Lipinski definition) is 0. The standard InChI is InChI=1S/C24H48O6Si6/c1-13-31(14-2)25-32(15-3,16-4)27-34(19-7,20-8)29-36(23-11,24-12)30-35(21-9,22-10)28-33(17-5,18-6)26-31/h13,15,17,19,21,23H,1,3,5,7,9,11,14,16,18,20,22,24H2,2,4,6,8,10,12H3. The van der Waals surface area contributed by atoms with Crippen LogP contribution in [-0.4, -0.2) is 51.4 Å². The zero-order valence-corrected chi connectivity index (χ0v) is 29.4. The third kappa shape index (κ3) is 6.92. The Labute approximate surface area is 226 Å². The van der Waals surface area contributed by atoms with Gasteiger partial charge in [-0.2, -0.15) is 0 Å². The van der Waals surface area contributed by atoms with Crippen LogP contribution < -0.4 is 0 Å². The van der Waals surface area contributed by atoms with Gasteiger partial charge < -0.3 is 24.7 Å². The molecule has 0 aromatic carbocycles. The molecule has 0 aromatic heterocycles. The van der Waals surface area contributed by atoms with Crippen molar-refractivity contribution >= 4 is 51.4 Å². The van der Waals surface area contributed by atoms with E-state index in [9.17, 15) is 0 Å². The Morgan fingerprint density at radius 1 is 0.333 bits per heavy atom. The highest BCUT2D eigenvalue weighted by Crippen LogP contribution is 2.39. The third-order valence-electron chi connectivity index (χ3n) is 6.90. The van der Waals surface area contributed by atoms with Crippen molar-refractivity contribution in [1.82, 2.24) is 0 Å². The maximum absolute atomic E-state index is 7.03. The molecule has 0 aromatic rings. The van der Waals surface area contributed by atoms with Gasteiger partial charge in [-0.3, -0.25) is 0 Å². The van der Waals surface area contributed by atoms with Gasteiger partial charge in [0, 0.05) is 0 Å². The first-order valence-electron chi connectivity index (χ1n) is 13.0. The molecule has 1 aliphatic heterocycles. The molecule has 0 atom stereocenters. The summed E-state index contributed by atoms with van der Waals surface area (Å²) in [4.78, 5) is 0. The average Bonchev–Trinajstić information content (AvgIpc) is 2.94. The van der Waals surface area contributed by atoms with Gasteiger partial charge in [-0.25, -0.2) is 0 Å². The van der Waals surface area contributed by atoms with E-state index in [-0.39, 0.29) is 0 Å². The van der Waals surface area contributed by atoms with Crippen molar-refractivity contribution in [1.29, 1.82) is 0 Å². The Hall–Kier alpha value is -0.499. The normalized spacial score (nSPS) is 40.2. The van der Waals surface area contributed by atoms with Gasteiger partial charge in [0.1, 0.15) is 0 Å². The molecule has 0 unspecified atom stereocenters. The lowest BCUT2D eigenvalue weighted by atomic mass is 11.0. The summed E-state index contributed by atoms with van der Waals surface area (Å²) in [5.74, 6) is 0. The fourth-order valence-corrected chi connectivity index (χ4v) is 34.1. The van der Waals surface area contributed by atoms with Gasteiger partial charge >= 0.3 is 51.4 Å². The summed E-state index contributed by atoms with van der Waals surface area (Å²) in [5.41, 5.74) is 11.1. The summed E-state index contributed by atoms with van der Waals surface area (Å²) in [6.07, 6.45) is 0. The minimum absolute atomic E-state index is 0.639. The topological polar surface area (TPSA) is 55.4 Å². The summed E-state index contributed by atoms with van der Waals surface area (Å²) >= 11 is 0. The SMILES string of the molecule is C=C[Si]1(CC)O[Si](C=C)(CC)O[Si](C=C)(CC)O[Si](C=C)(CC)O[Si](C=C)(CC)O[Si](C=C)(CC)O1. The van der Waals surface area contributed by atoms with Crippen LogP contribution in [0.1, 0.15) is 41.5 Å². The number of rotatable bonds is 12. The molecule has 1 fully saturated rings. The molecule has 1 saturated heterocycles. The summed E-state index contributed by atoms with van der Waals surface area (Å²) in [6.45, 7) is 37.3. The van der Waals surface area contributed by atoms with Crippen LogP contribution >= 0.6 is 0 Å². The molecule has 0 saturated carbocycles. The molecule has 6 nitrogen and oxygen atoms in total. The lowest BCUT2D eigenvalue weighted by Crippen LogP contribution is -2.68. The van der Waals surface area contributed by atoms with Gasteiger partial charge in [0.2, 0.25) is 0 Å². The van der Waals surface area contributed by atoms with Gasteiger partial charge in [0.05, 0.1) is 0 Å². The van der Waals surface area contributed by atoms with E-state index in [0.29, 0.717) is 36.3 Å². The van der Waals surface area contributed by atoms with Crippen LogP contribution in [0, 0.1) is 0 Å².